The van der Waals surface area contributed by atoms with Gasteiger partial charge in [0.1, 0.15) is 17.3 Å². The third-order valence-corrected chi connectivity index (χ3v) is 5.26. The fourth-order valence-electron chi connectivity index (χ4n) is 3.66. The van der Waals surface area contributed by atoms with Crippen LogP contribution in [0.1, 0.15) is 33.8 Å². The highest BCUT2D eigenvalue weighted by Gasteiger charge is 2.32. The van der Waals surface area contributed by atoms with Crippen molar-refractivity contribution in [2.75, 3.05) is 11.4 Å². The summed E-state index contributed by atoms with van der Waals surface area (Å²) in [5.41, 5.74) is 7.88. The summed E-state index contributed by atoms with van der Waals surface area (Å²) in [6.07, 6.45) is 0.361. The van der Waals surface area contributed by atoms with Gasteiger partial charge in [0.15, 0.2) is 0 Å². The van der Waals surface area contributed by atoms with Crippen molar-refractivity contribution in [1.29, 1.82) is 0 Å². The predicted molar refractivity (Wildman–Crippen MR) is 112 cm³/mol. The van der Waals surface area contributed by atoms with Gasteiger partial charge in [-0.25, -0.2) is 4.39 Å². The number of hydrogen-bond donors (Lipinski definition) is 1. The van der Waals surface area contributed by atoms with E-state index in [0.29, 0.717) is 41.3 Å². The highest BCUT2D eigenvalue weighted by molar-refractivity contribution is 5.99. The SMILES string of the molecule is Cc1cc(Oc2cccc(C3CC(=O)N(c4cccc(C(N)=O)c4)C3)c2)ccc1F. The van der Waals surface area contributed by atoms with Crippen molar-refractivity contribution in [3.63, 3.8) is 0 Å². The monoisotopic (exact) mass is 404 g/mol. The van der Waals surface area contributed by atoms with Crippen LogP contribution in [0.5, 0.6) is 11.5 Å². The number of rotatable bonds is 5. The molecular formula is C24H21FN2O3. The van der Waals surface area contributed by atoms with Gasteiger partial charge in [-0.15, -0.1) is 0 Å². The third-order valence-electron chi connectivity index (χ3n) is 5.26. The molecule has 3 aromatic carbocycles. The molecule has 1 aliphatic heterocycles. The van der Waals surface area contributed by atoms with Gasteiger partial charge in [-0.1, -0.05) is 18.2 Å². The Balaban J connectivity index is 1.53. The second-order valence-electron chi connectivity index (χ2n) is 7.41. The van der Waals surface area contributed by atoms with Gasteiger partial charge in [0.2, 0.25) is 11.8 Å². The van der Waals surface area contributed by atoms with E-state index in [4.69, 9.17) is 10.5 Å². The summed E-state index contributed by atoms with van der Waals surface area (Å²) in [5.74, 6) is 0.357. The Hall–Kier alpha value is -3.67. The summed E-state index contributed by atoms with van der Waals surface area (Å²) in [4.78, 5) is 25.7. The number of halogens is 1. The lowest BCUT2D eigenvalue weighted by molar-refractivity contribution is -0.117. The Labute approximate surface area is 173 Å². The van der Waals surface area contributed by atoms with E-state index in [1.165, 1.54) is 6.07 Å². The molecule has 0 aliphatic carbocycles. The number of carbonyl (C=O) groups excluding carboxylic acids is 2. The zero-order chi connectivity index (χ0) is 21.3. The minimum absolute atomic E-state index is 0.00626. The van der Waals surface area contributed by atoms with Crippen LogP contribution >= 0.6 is 0 Å². The van der Waals surface area contributed by atoms with Gasteiger partial charge in [0.05, 0.1) is 0 Å². The molecule has 1 atom stereocenters. The molecule has 0 radical (unpaired) electrons. The first-order valence-corrected chi connectivity index (χ1v) is 9.65. The third kappa shape index (κ3) is 4.03. The number of amides is 2. The zero-order valence-corrected chi connectivity index (χ0v) is 16.5. The molecule has 0 bridgehead atoms. The summed E-state index contributed by atoms with van der Waals surface area (Å²) in [5, 5.41) is 0. The van der Waals surface area contributed by atoms with E-state index in [-0.39, 0.29) is 17.6 Å². The molecule has 3 aromatic rings. The average Bonchev–Trinajstić information content (AvgIpc) is 3.13. The second kappa shape index (κ2) is 7.99. The fraction of sp³-hybridized carbons (Fsp3) is 0.167. The maximum Gasteiger partial charge on any atom is 0.248 e. The highest BCUT2D eigenvalue weighted by Crippen LogP contribution is 2.34. The molecule has 5 nitrogen and oxygen atoms in total. The van der Waals surface area contributed by atoms with Crippen LogP contribution in [0.3, 0.4) is 0 Å². The number of nitrogens with two attached hydrogens (primary N) is 1. The van der Waals surface area contributed by atoms with Crippen molar-refractivity contribution in [3.8, 4) is 11.5 Å². The number of anilines is 1. The standard InChI is InChI=1S/C24H21FN2O3/c1-15-10-21(8-9-22(15)25)30-20-7-3-4-16(12-20)18-13-23(28)27(14-18)19-6-2-5-17(11-19)24(26)29/h2-12,18H,13-14H2,1H3,(H2,26,29). The average molecular weight is 404 g/mol. The van der Waals surface area contributed by atoms with Crippen molar-refractivity contribution < 1.29 is 18.7 Å². The molecule has 1 aliphatic rings. The molecule has 152 valence electrons. The number of benzene rings is 3. The molecule has 4 rings (SSSR count). The minimum Gasteiger partial charge on any atom is -0.457 e. The molecular weight excluding hydrogens is 383 g/mol. The van der Waals surface area contributed by atoms with Crippen molar-refractivity contribution >= 4 is 17.5 Å². The van der Waals surface area contributed by atoms with E-state index >= 15 is 0 Å². The van der Waals surface area contributed by atoms with Crippen molar-refractivity contribution in [2.24, 2.45) is 5.73 Å². The molecule has 0 saturated carbocycles. The lowest BCUT2D eigenvalue weighted by Gasteiger charge is -2.18. The van der Waals surface area contributed by atoms with Gasteiger partial charge < -0.3 is 15.4 Å². The van der Waals surface area contributed by atoms with Crippen LogP contribution in [0.2, 0.25) is 0 Å². The Morgan fingerprint density at radius 1 is 1.07 bits per heavy atom. The fourth-order valence-corrected chi connectivity index (χ4v) is 3.66. The second-order valence-corrected chi connectivity index (χ2v) is 7.41. The van der Waals surface area contributed by atoms with Gasteiger partial charge in [0.25, 0.3) is 0 Å². The normalized spacial score (nSPS) is 16.0. The van der Waals surface area contributed by atoms with Crippen LogP contribution in [-0.2, 0) is 4.79 Å². The van der Waals surface area contributed by atoms with E-state index in [2.05, 4.69) is 0 Å². The Bertz CT molecular complexity index is 1130. The zero-order valence-electron chi connectivity index (χ0n) is 16.5. The molecule has 0 aromatic heterocycles. The van der Waals surface area contributed by atoms with Gasteiger partial charge in [-0.05, 0) is 66.6 Å². The number of hydrogen-bond acceptors (Lipinski definition) is 3. The van der Waals surface area contributed by atoms with Crippen LogP contribution in [-0.4, -0.2) is 18.4 Å². The summed E-state index contributed by atoms with van der Waals surface area (Å²) >= 11 is 0. The summed E-state index contributed by atoms with van der Waals surface area (Å²) in [7, 11) is 0. The van der Waals surface area contributed by atoms with Crippen molar-refractivity contribution in [1.82, 2.24) is 0 Å². The van der Waals surface area contributed by atoms with Gasteiger partial charge in [-0.3, -0.25) is 9.59 Å². The molecule has 6 heteroatoms. The van der Waals surface area contributed by atoms with Crippen LogP contribution in [0.25, 0.3) is 0 Å². The Kier molecular flexibility index (Phi) is 5.23. The highest BCUT2D eigenvalue weighted by atomic mass is 19.1. The lowest BCUT2D eigenvalue weighted by atomic mass is 9.98. The first kappa shape index (κ1) is 19.6. The van der Waals surface area contributed by atoms with Crippen LogP contribution in [0, 0.1) is 12.7 Å². The van der Waals surface area contributed by atoms with Gasteiger partial charge >= 0.3 is 0 Å². The molecule has 0 spiro atoms. The van der Waals surface area contributed by atoms with E-state index in [9.17, 15) is 14.0 Å². The summed E-state index contributed by atoms with van der Waals surface area (Å²) in [6.45, 7) is 2.19. The van der Waals surface area contributed by atoms with Gasteiger partial charge in [-0.2, -0.15) is 0 Å². The number of primary amides is 1. The molecule has 1 saturated heterocycles. The van der Waals surface area contributed by atoms with Crippen LogP contribution < -0.4 is 15.4 Å². The van der Waals surface area contributed by atoms with E-state index in [1.807, 2.05) is 24.3 Å². The molecule has 1 fully saturated rings. The molecule has 2 amide bonds. The van der Waals surface area contributed by atoms with Crippen LogP contribution in [0.15, 0.2) is 66.7 Å². The number of aryl methyl sites for hydroxylation is 1. The Morgan fingerprint density at radius 2 is 1.83 bits per heavy atom. The first-order chi connectivity index (χ1) is 14.4. The predicted octanol–water partition coefficient (Wildman–Crippen LogP) is 4.55. The quantitative estimate of drug-likeness (QED) is 0.678. The van der Waals surface area contributed by atoms with E-state index < -0.39 is 5.91 Å². The smallest absolute Gasteiger partial charge is 0.248 e. The first-order valence-electron chi connectivity index (χ1n) is 9.65. The molecule has 30 heavy (non-hydrogen) atoms. The van der Waals surface area contributed by atoms with Crippen LogP contribution in [0.4, 0.5) is 10.1 Å². The Morgan fingerprint density at radius 3 is 2.60 bits per heavy atom. The maximum absolute atomic E-state index is 13.5. The molecule has 1 heterocycles. The van der Waals surface area contributed by atoms with Crippen molar-refractivity contribution in [3.05, 3.63) is 89.2 Å². The van der Waals surface area contributed by atoms with Crippen molar-refractivity contribution in [2.45, 2.75) is 19.3 Å². The molecule has 1 unspecified atom stereocenters. The lowest BCUT2D eigenvalue weighted by Crippen LogP contribution is -2.24. The largest absolute Gasteiger partial charge is 0.457 e. The van der Waals surface area contributed by atoms with E-state index in [1.54, 1.807) is 48.2 Å². The minimum atomic E-state index is -0.527. The summed E-state index contributed by atoms with van der Waals surface area (Å²) < 4.78 is 19.3. The van der Waals surface area contributed by atoms with E-state index in [0.717, 1.165) is 5.56 Å². The number of nitrogens with zero attached hydrogens (tertiary/aromatic N) is 1. The summed E-state index contributed by atoms with van der Waals surface area (Å²) in [6, 6.07) is 19.0. The van der Waals surface area contributed by atoms with Gasteiger partial charge in [0, 0.05) is 30.1 Å². The molecule has 2 N–H and O–H groups in total. The maximum atomic E-state index is 13.5. The number of ether oxygens (including phenoxy) is 1. The topological polar surface area (TPSA) is 72.6 Å². The number of carbonyl (C=O) groups is 2.